The molecule has 0 aliphatic heterocycles. The van der Waals surface area contributed by atoms with Crippen LogP contribution in [0.2, 0.25) is 0 Å². The van der Waals surface area contributed by atoms with Crippen LogP contribution in [0.5, 0.6) is 11.5 Å². The molecular weight excluding hydrogens is 286 g/mol. The van der Waals surface area contributed by atoms with E-state index in [2.05, 4.69) is 5.32 Å². The maximum atomic E-state index is 11.9. The van der Waals surface area contributed by atoms with Gasteiger partial charge in [-0.2, -0.15) is 0 Å². The fourth-order valence-electron chi connectivity index (χ4n) is 2.21. The fraction of sp³-hybridized carbons (Fsp3) is 0.312. The number of rotatable bonds is 5. The Morgan fingerprint density at radius 2 is 2.09 bits per heavy atom. The van der Waals surface area contributed by atoms with Crippen molar-refractivity contribution in [3.05, 3.63) is 47.1 Å². The van der Waals surface area contributed by atoms with Crippen molar-refractivity contribution < 1.29 is 24.9 Å². The van der Waals surface area contributed by atoms with Crippen LogP contribution in [0.3, 0.4) is 0 Å². The van der Waals surface area contributed by atoms with Crippen LogP contribution in [0.15, 0.2) is 41.5 Å². The lowest BCUT2D eigenvalue weighted by atomic mass is 10.1. The highest BCUT2D eigenvalue weighted by atomic mass is 16.5. The maximum absolute atomic E-state index is 11.9. The highest BCUT2D eigenvalue weighted by Gasteiger charge is 2.17. The SMILES string of the molecule is COc1ccc(CCC(=O)NC2=C(O)CCC=C2O)cc1O. The first-order valence-electron chi connectivity index (χ1n) is 6.98. The van der Waals surface area contributed by atoms with Gasteiger partial charge in [-0.1, -0.05) is 6.07 Å². The van der Waals surface area contributed by atoms with E-state index in [0.29, 0.717) is 25.0 Å². The largest absolute Gasteiger partial charge is 0.510 e. The number of phenols is 1. The van der Waals surface area contributed by atoms with E-state index in [1.807, 2.05) is 0 Å². The Kier molecular flexibility index (Phi) is 4.93. The van der Waals surface area contributed by atoms with Crippen LogP contribution in [0.25, 0.3) is 0 Å². The normalized spacial score (nSPS) is 14.5. The van der Waals surface area contributed by atoms with Gasteiger partial charge in [-0.3, -0.25) is 4.79 Å². The molecule has 0 radical (unpaired) electrons. The molecule has 1 aromatic rings. The molecule has 6 nitrogen and oxygen atoms in total. The first-order chi connectivity index (χ1) is 10.5. The number of phenolic OH excluding ortho intramolecular Hbond substituents is 1. The molecule has 2 rings (SSSR count). The molecule has 1 aromatic carbocycles. The van der Waals surface area contributed by atoms with E-state index in [1.165, 1.54) is 7.11 Å². The summed E-state index contributed by atoms with van der Waals surface area (Å²) in [5, 5.41) is 31.5. The lowest BCUT2D eigenvalue weighted by Crippen LogP contribution is -2.26. The number of carbonyl (C=O) groups excluding carboxylic acids is 1. The number of carbonyl (C=O) groups is 1. The molecule has 1 aliphatic carbocycles. The molecule has 1 amide bonds. The molecule has 1 aliphatic rings. The Bertz CT molecular complexity index is 633. The zero-order valence-electron chi connectivity index (χ0n) is 12.3. The zero-order valence-corrected chi connectivity index (χ0v) is 12.3. The van der Waals surface area contributed by atoms with Crippen LogP contribution in [0.4, 0.5) is 0 Å². The number of aryl methyl sites for hydroxylation is 1. The van der Waals surface area contributed by atoms with Gasteiger partial charge in [0.15, 0.2) is 11.5 Å². The lowest BCUT2D eigenvalue weighted by molar-refractivity contribution is -0.120. The minimum absolute atomic E-state index is 0.0181. The summed E-state index contributed by atoms with van der Waals surface area (Å²) in [6.45, 7) is 0. The van der Waals surface area contributed by atoms with E-state index in [9.17, 15) is 20.1 Å². The van der Waals surface area contributed by atoms with Crippen molar-refractivity contribution in [3.8, 4) is 11.5 Å². The van der Waals surface area contributed by atoms with Gasteiger partial charge in [0.1, 0.15) is 17.2 Å². The number of benzene rings is 1. The van der Waals surface area contributed by atoms with Crippen LogP contribution in [0.1, 0.15) is 24.8 Å². The molecule has 118 valence electrons. The van der Waals surface area contributed by atoms with Gasteiger partial charge in [0.25, 0.3) is 0 Å². The first kappa shape index (κ1) is 15.8. The third-order valence-electron chi connectivity index (χ3n) is 3.41. The number of hydrogen-bond acceptors (Lipinski definition) is 5. The molecule has 22 heavy (non-hydrogen) atoms. The molecule has 4 N–H and O–H groups in total. The average Bonchev–Trinajstić information content (AvgIpc) is 2.49. The third kappa shape index (κ3) is 3.72. The van der Waals surface area contributed by atoms with E-state index in [0.717, 1.165) is 5.56 Å². The Morgan fingerprint density at radius 1 is 1.32 bits per heavy atom. The Morgan fingerprint density at radius 3 is 2.73 bits per heavy atom. The van der Waals surface area contributed by atoms with Crippen molar-refractivity contribution in [1.29, 1.82) is 0 Å². The van der Waals surface area contributed by atoms with Gasteiger partial charge in [0.05, 0.1) is 7.11 Å². The van der Waals surface area contributed by atoms with E-state index in [-0.39, 0.29) is 35.3 Å². The highest BCUT2D eigenvalue weighted by Crippen LogP contribution is 2.26. The smallest absolute Gasteiger partial charge is 0.224 e. The van der Waals surface area contributed by atoms with Crippen molar-refractivity contribution >= 4 is 5.91 Å². The number of aliphatic hydroxyl groups excluding tert-OH is 2. The first-order valence-corrected chi connectivity index (χ1v) is 6.98. The topological polar surface area (TPSA) is 99.0 Å². The van der Waals surface area contributed by atoms with Crippen molar-refractivity contribution in [3.63, 3.8) is 0 Å². The van der Waals surface area contributed by atoms with E-state index < -0.39 is 0 Å². The number of amides is 1. The summed E-state index contributed by atoms with van der Waals surface area (Å²) in [5.74, 6) is -0.0532. The van der Waals surface area contributed by atoms with Crippen molar-refractivity contribution in [2.24, 2.45) is 0 Å². The standard InChI is InChI=1S/C16H19NO5/c1-22-14-7-5-10(9-13(14)20)6-8-15(21)17-16-11(18)3-2-4-12(16)19/h3,5,7,9,18-20H,2,4,6,8H2,1H3,(H,17,21). The summed E-state index contributed by atoms with van der Waals surface area (Å²) in [5.41, 5.74) is 0.865. The number of aliphatic hydroxyl groups is 2. The van der Waals surface area contributed by atoms with Gasteiger partial charge in [-0.05, 0) is 36.6 Å². The van der Waals surface area contributed by atoms with Crippen LogP contribution in [-0.4, -0.2) is 28.3 Å². The Balaban J connectivity index is 1.93. The molecule has 0 unspecified atom stereocenters. The quantitative estimate of drug-likeness (QED) is 0.669. The van der Waals surface area contributed by atoms with E-state index in [4.69, 9.17) is 4.74 Å². The number of hydrogen-bond donors (Lipinski definition) is 4. The summed E-state index contributed by atoms with van der Waals surface area (Å²) in [4.78, 5) is 11.9. The third-order valence-corrected chi connectivity index (χ3v) is 3.41. The lowest BCUT2D eigenvalue weighted by Gasteiger charge is -2.15. The van der Waals surface area contributed by atoms with Gasteiger partial charge in [-0.15, -0.1) is 0 Å². The average molecular weight is 305 g/mol. The molecule has 0 saturated heterocycles. The molecule has 0 aromatic heterocycles. The van der Waals surface area contributed by atoms with Crippen LogP contribution >= 0.6 is 0 Å². The fourth-order valence-corrected chi connectivity index (χ4v) is 2.21. The summed E-state index contributed by atoms with van der Waals surface area (Å²) in [6, 6.07) is 4.94. The van der Waals surface area contributed by atoms with Crippen LogP contribution in [-0.2, 0) is 11.2 Å². The van der Waals surface area contributed by atoms with E-state index >= 15 is 0 Å². The molecule has 0 atom stereocenters. The molecule has 0 heterocycles. The molecule has 0 saturated carbocycles. The van der Waals surface area contributed by atoms with Crippen molar-refractivity contribution in [1.82, 2.24) is 5.32 Å². The highest BCUT2D eigenvalue weighted by molar-refractivity contribution is 5.79. The predicted octanol–water partition coefficient (Wildman–Crippen LogP) is 2.45. The molecule has 0 fully saturated rings. The molecule has 6 heteroatoms. The Labute approximate surface area is 128 Å². The van der Waals surface area contributed by atoms with Gasteiger partial charge in [0.2, 0.25) is 5.91 Å². The number of aromatic hydroxyl groups is 1. The monoisotopic (exact) mass is 305 g/mol. The second-order valence-electron chi connectivity index (χ2n) is 5.00. The zero-order chi connectivity index (χ0) is 16.1. The summed E-state index contributed by atoms with van der Waals surface area (Å²) in [7, 11) is 1.46. The maximum Gasteiger partial charge on any atom is 0.224 e. The second-order valence-corrected chi connectivity index (χ2v) is 5.00. The molecular formula is C16H19NO5. The number of methoxy groups -OCH3 is 1. The number of ether oxygens (including phenoxy) is 1. The summed E-state index contributed by atoms with van der Waals surface area (Å²) >= 11 is 0. The number of allylic oxidation sites excluding steroid dienone is 2. The van der Waals surface area contributed by atoms with E-state index in [1.54, 1.807) is 24.3 Å². The van der Waals surface area contributed by atoms with Crippen molar-refractivity contribution in [2.75, 3.05) is 7.11 Å². The van der Waals surface area contributed by atoms with Gasteiger partial charge < -0.3 is 25.4 Å². The van der Waals surface area contributed by atoms with Gasteiger partial charge >= 0.3 is 0 Å². The van der Waals surface area contributed by atoms with Crippen LogP contribution < -0.4 is 10.1 Å². The second kappa shape index (κ2) is 6.89. The molecule has 0 spiro atoms. The summed E-state index contributed by atoms with van der Waals surface area (Å²) < 4.78 is 4.95. The minimum Gasteiger partial charge on any atom is -0.510 e. The minimum atomic E-state index is -0.321. The van der Waals surface area contributed by atoms with Gasteiger partial charge in [0, 0.05) is 12.8 Å². The predicted molar refractivity (Wildman–Crippen MR) is 80.7 cm³/mol. The van der Waals surface area contributed by atoms with Crippen LogP contribution in [0, 0.1) is 0 Å². The summed E-state index contributed by atoms with van der Waals surface area (Å²) in [6.07, 6.45) is 3.07. The number of nitrogens with one attached hydrogen (secondary N) is 1. The van der Waals surface area contributed by atoms with Gasteiger partial charge in [-0.25, -0.2) is 0 Å². The van der Waals surface area contributed by atoms with Crippen molar-refractivity contribution in [2.45, 2.75) is 25.7 Å². The molecule has 0 bridgehead atoms. The Hall–Kier alpha value is -2.63.